The summed E-state index contributed by atoms with van der Waals surface area (Å²) in [6.45, 7) is 2.14. The van der Waals surface area contributed by atoms with Crippen molar-refractivity contribution in [2.75, 3.05) is 13.2 Å². The van der Waals surface area contributed by atoms with Gasteiger partial charge in [0.1, 0.15) is 0 Å². The molecule has 0 saturated carbocycles. The van der Waals surface area contributed by atoms with E-state index in [2.05, 4.69) is 32.9 Å². The van der Waals surface area contributed by atoms with Crippen LogP contribution >= 0.6 is 34.2 Å². The molecule has 0 radical (unpaired) electrons. The minimum absolute atomic E-state index is 0.268. The van der Waals surface area contributed by atoms with Crippen LogP contribution in [0.3, 0.4) is 0 Å². The number of hydrogen-bond acceptors (Lipinski definition) is 2. The van der Waals surface area contributed by atoms with Gasteiger partial charge < -0.3 is 15.8 Å². The fourth-order valence-corrected chi connectivity index (χ4v) is 2.94. The second-order valence-electron chi connectivity index (χ2n) is 4.45. The third-order valence-corrected chi connectivity index (χ3v) is 4.21. The van der Waals surface area contributed by atoms with E-state index in [0.717, 1.165) is 40.1 Å². The summed E-state index contributed by atoms with van der Waals surface area (Å²) in [5, 5.41) is 3.84. The highest BCUT2D eigenvalue weighted by atomic mass is 127. The van der Waals surface area contributed by atoms with E-state index in [-0.39, 0.29) is 6.10 Å². The first-order valence-electron chi connectivity index (χ1n) is 6.24. The molecule has 1 aromatic carbocycles. The molecule has 1 atom stereocenters. The van der Waals surface area contributed by atoms with Gasteiger partial charge in [-0.05, 0) is 53.1 Å². The molecule has 1 heterocycles. The molecule has 1 aromatic rings. The monoisotopic (exact) mass is 393 g/mol. The number of aliphatic imine (C=N–C) groups is 1. The third-order valence-electron chi connectivity index (χ3n) is 2.97. The van der Waals surface area contributed by atoms with Crippen molar-refractivity contribution < 1.29 is 4.74 Å². The van der Waals surface area contributed by atoms with Crippen LogP contribution in [0.15, 0.2) is 23.2 Å². The second kappa shape index (κ2) is 7.31. The Morgan fingerprint density at radius 1 is 1.58 bits per heavy atom. The third kappa shape index (κ3) is 4.81. The van der Waals surface area contributed by atoms with E-state index in [1.165, 1.54) is 0 Å². The number of hydrogen-bond donors (Lipinski definition) is 2. The van der Waals surface area contributed by atoms with Crippen LogP contribution in [0.4, 0.5) is 0 Å². The van der Waals surface area contributed by atoms with Crippen molar-refractivity contribution >= 4 is 40.2 Å². The quantitative estimate of drug-likeness (QED) is 0.469. The molecule has 0 amide bonds. The zero-order valence-electron chi connectivity index (χ0n) is 10.5. The average Bonchev–Trinajstić information content (AvgIpc) is 2.88. The zero-order valence-corrected chi connectivity index (χ0v) is 13.4. The summed E-state index contributed by atoms with van der Waals surface area (Å²) in [4.78, 5) is 4.33. The Hall–Kier alpha value is -0.530. The molecule has 104 valence electrons. The number of rotatable bonds is 4. The minimum atomic E-state index is 0.268. The van der Waals surface area contributed by atoms with E-state index < -0.39 is 0 Å². The number of nitrogens with zero attached hydrogens (tertiary/aromatic N) is 1. The first-order chi connectivity index (χ1) is 9.15. The van der Waals surface area contributed by atoms with Crippen molar-refractivity contribution in [3.63, 3.8) is 0 Å². The van der Waals surface area contributed by atoms with Crippen molar-refractivity contribution in [2.24, 2.45) is 10.7 Å². The lowest BCUT2D eigenvalue weighted by Gasteiger charge is -2.11. The van der Waals surface area contributed by atoms with E-state index >= 15 is 0 Å². The number of nitrogens with two attached hydrogens (primary N) is 1. The molecule has 1 aliphatic heterocycles. The topological polar surface area (TPSA) is 59.6 Å². The number of nitrogens with one attached hydrogen (secondary N) is 1. The van der Waals surface area contributed by atoms with Gasteiger partial charge in [0.05, 0.1) is 12.6 Å². The van der Waals surface area contributed by atoms with Crippen LogP contribution in [0.25, 0.3) is 0 Å². The van der Waals surface area contributed by atoms with Gasteiger partial charge in [-0.3, -0.25) is 0 Å². The van der Waals surface area contributed by atoms with Gasteiger partial charge in [0.25, 0.3) is 0 Å². The molecular weight excluding hydrogens is 377 g/mol. The zero-order chi connectivity index (χ0) is 13.7. The van der Waals surface area contributed by atoms with Crippen LogP contribution in [0, 0.1) is 3.57 Å². The van der Waals surface area contributed by atoms with Crippen molar-refractivity contribution in [1.29, 1.82) is 0 Å². The van der Waals surface area contributed by atoms with E-state index in [9.17, 15) is 0 Å². The van der Waals surface area contributed by atoms with E-state index in [4.69, 9.17) is 22.1 Å². The highest BCUT2D eigenvalue weighted by molar-refractivity contribution is 14.1. The van der Waals surface area contributed by atoms with Crippen LogP contribution in [-0.2, 0) is 11.3 Å². The van der Waals surface area contributed by atoms with Gasteiger partial charge in [-0.2, -0.15) is 0 Å². The molecule has 0 aromatic heterocycles. The summed E-state index contributed by atoms with van der Waals surface area (Å²) >= 11 is 8.16. The normalized spacial score (nSPS) is 19.7. The summed E-state index contributed by atoms with van der Waals surface area (Å²) in [6, 6.07) is 5.76. The predicted octanol–water partition coefficient (Wildman–Crippen LogP) is 2.53. The maximum atomic E-state index is 5.91. The molecule has 3 N–H and O–H groups in total. The number of benzene rings is 1. The first kappa shape index (κ1) is 14.9. The minimum Gasteiger partial charge on any atom is -0.376 e. The summed E-state index contributed by atoms with van der Waals surface area (Å²) in [6.07, 6.45) is 2.49. The maximum absolute atomic E-state index is 5.91. The summed E-state index contributed by atoms with van der Waals surface area (Å²) < 4.78 is 6.61. The summed E-state index contributed by atoms with van der Waals surface area (Å²) in [7, 11) is 0. The summed E-state index contributed by atoms with van der Waals surface area (Å²) in [5.41, 5.74) is 6.95. The average molecular weight is 394 g/mol. The van der Waals surface area contributed by atoms with Gasteiger partial charge in [0, 0.05) is 21.7 Å². The molecule has 6 heteroatoms. The standard InChI is InChI=1S/C13H17ClIN3O/c14-10-4-3-9(12(15)6-10)7-17-13(16)18-8-11-2-1-5-19-11/h3-4,6,11H,1-2,5,7-8H2,(H3,16,17,18). The van der Waals surface area contributed by atoms with Crippen molar-refractivity contribution in [3.05, 3.63) is 32.4 Å². The second-order valence-corrected chi connectivity index (χ2v) is 6.05. The first-order valence-corrected chi connectivity index (χ1v) is 7.70. The van der Waals surface area contributed by atoms with Crippen LogP contribution in [-0.4, -0.2) is 25.2 Å². The lowest BCUT2D eigenvalue weighted by atomic mass is 10.2. The Labute approximate surface area is 131 Å². The maximum Gasteiger partial charge on any atom is 0.189 e. The van der Waals surface area contributed by atoms with Crippen LogP contribution in [0.5, 0.6) is 0 Å². The van der Waals surface area contributed by atoms with Crippen molar-refractivity contribution in [3.8, 4) is 0 Å². The van der Waals surface area contributed by atoms with E-state index in [0.29, 0.717) is 12.5 Å². The molecule has 0 spiro atoms. The molecule has 19 heavy (non-hydrogen) atoms. The number of ether oxygens (including phenoxy) is 1. The molecule has 0 aliphatic carbocycles. The Morgan fingerprint density at radius 3 is 3.11 bits per heavy atom. The molecule has 1 saturated heterocycles. The molecule has 0 bridgehead atoms. The van der Waals surface area contributed by atoms with Gasteiger partial charge >= 0.3 is 0 Å². The largest absolute Gasteiger partial charge is 0.376 e. The Balaban J connectivity index is 1.83. The van der Waals surface area contributed by atoms with Crippen molar-refractivity contribution in [2.45, 2.75) is 25.5 Å². The molecule has 4 nitrogen and oxygen atoms in total. The van der Waals surface area contributed by atoms with Crippen molar-refractivity contribution in [1.82, 2.24) is 5.32 Å². The Kier molecular flexibility index (Phi) is 5.72. The molecule has 1 aliphatic rings. The van der Waals surface area contributed by atoms with E-state index in [1.54, 1.807) is 0 Å². The number of guanidine groups is 1. The van der Waals surface area contributed by atoms with Gasteiger partial charge in [0.2, 0.25) is 0 Å². The van der Waals surface area contributed by atoms with Gasteiger partial charge in [-0.15, -0.1) is 0 Å². The Morgan fingerprint density at radius 2 is 2.42 bits per heavy atom. The Bertz CT molecular complexity index is 461. The van der Waals surface area contributed by atoms with E-state index in [1.807, 2.05) is 18.2 Å². The lowest BCUT2D eigenvalue weighted by Crippen LogP contribution is -2.37. The SMILES string of the molecule is NC(=NCc1ccc(Cl)cc1I)NCC1CCCO1. The van der Waals surface area contributed by atoms with Gasteiger partial charge in [0.15, 0.2) is 5.96 Å². The lowest BCUT2D eigenvalue weighted by molar-refractivity contribution is 0.114. The van der Waals surface area contributed by atoms with Gasteiger partial charge in [-0.1, -0.05) is 17.7 Å². The molecular formula is C13H17ClIN3O. The molecule has 2 rings (SSSR count). The highest BCUT2D eigenvalue weighted by Gasteiger charge is 2.14. The van der Waals surface area contributed by atoms with Crippen LogP contribution < -0.4 is 11.1 Å². The molecule has 1 fully saturated rings. The highest BCUT2D eigenvalue weighted by Crippen LogP contribution is 2.18. The fourth-order valence-electron chi connectivity index (χ4n) is 1.90. The number of halogens is 2. The molecule has 1 unspecified atom stereocenters. The fraction of sp³-hybridized carbons (Fsp3) is 0.462. The van der Waals surface area contributed by atoms with Gasteiger partial charge in [-0.25, -0.2) is 4.99 Å². The smallest absolute Gasteiger partial charge is 0.189 e. The van der Waals surface area contributed by atoms with Crippen LogP contribution in [0.1, 0.15) is 18.4 Å². The predicted molar refractivity (Wildman–Crippen MR) is 86.5 cm³/mol. The van der Waals surface area contributed by atoms with Crippen LogP contribution in [0.2, 0.25) is 5.02 Å². The summed E-state index contributed by atoms with van der Waals surface area (Å²) in [5.74, 6) is 0.459.